The fraction of sp³-hybridized carbons (Fsp3) is 0.500. The minimum Gasteiger partial charge on any atom is -0.340 e. The number of rotatable bonds is 6. The summed E-state index contributed by atoms with van der Waals surface area (Å²) in [7, 11) is 3.76. The zero-order valence-electron chi connectivity index (χ0n) is 15.0. The van der Waals surface area contributed by atoms with Gasteiger partial charge in [-0.3, -0.25) is 9.48 Å². The molecular weight excluding hydrogens is 340 g/mol. The number of nitrogens with one attached hydrogen (secondary N) is 2. The number of amides is 1. The number of aromatic nitrogens is 4. The predicted molar refractivity (Wildman–Crippen MR) is 95.7 cm³/mol. The summed E-state index contributed by atoms with van der Waals surface area (Å²) < 4.78 is 7.07. The van der Waals surface area contributed by atoms with Crippen LogP contribution in [-0.4, -0.2) is 38.9 Å². The molecule has 3 aromatic heterocycles. The van der Waals surface area contributed by atoms with Crippen LogP contribution >= 0.6 is 11.3 Å². The monoisotopic (exact) mass is 362 g/mol. The number of hydrogen-bond acceptors (Lipinski definition) is 7. The summed E-state index contributed by atoms with van der Waals surface area (Å²) in [5.41, 5.74) is 0.918. The van der Waals surface area contributed by atoms with E-state index in [9.17, 15) is 4.79 Å². The second-order valence-electron chi connectivity index (χ2n) is 6.18. The highest BCUT2D eigenvalue weighted by Crippen LogP contribution is 2.28. The minimum absolute atomic E-state index is 0.156. The van der Waals surface area contributed by atoms with Crippen molar-refractivity contribution in [2.45, 2.75) is 39.3 Å². The summed E-state index contributed by atoms with van der Waals surface area (Å²) in [5.74, 6) is 0.878. The van der Waals surface area contributed by atoms with E-state index in [1.54, 1.807) is 4.68 Å². The number of aryl methyl sites for hydroxylation is 2. The van der Waals surface area contributed by atoms with Gasteiger partial charge in [-0.1, -0.05) is 5.16 Å². The maximum Gasteiger partial charge on any atom is 0.262 e. The fourth-order valence-corrected chi connectivity index (χ4v) is 3.58. The third kappa shape index (κ3) is 3.57. The Labute approximate surface area is 149 Å². The summed E-state index contributed by atoms with van der Waals surface area (Å²) in [6.07, 6.45) is 0.670. The number of hydrogen-bond donors (Lipinski definition) is 2. The number of fused-ring (bicyclic) bond motifs is 1. The third-order valence-corrected chi connectivity index (χ3v) is 5.30. The molecule has 0 saturated carbocycles. The molecule has 2 unspecified atom stereocenters. The molecule has 134 valence electrons. The summed E-state index contributed by atoms with van der Waals surface area (Å²) in [4.78, 5) is 18.5. The lowest BCUT2D eigenvalue weighted by molar-refractivity contribution is 0.0936. The Balaban J connectivity index is 1.70. The van der Waals surface area contributed by atoms with Crippen molar-refractivity contribution < 1.29 is 9.32 Å². The van der Waals surface area contributed by atoms with E-state index in [0.717, 1.165) is 15.9 Å². The van der Waals surface area contributed by atoms with Crippen molar-refractivity contribution in [2.24, 2.45) is 7.05 Å². The molecule has 0 spiro atoms. The predicted octanol–water partition coefficient (Wildman–Crippen LogP) is 1.97. The zero-order chi connectivity index (χ0) is 18.1. The molecule has 9 heteroatoms. The minimum atomic E-state index is -0.358. The lowest BCUT2D eigenvalue weighted by Crippen LogP contribution is -2.26. The quantitative estimate of drug-likeness (QED) is 0.696. The Bertz CT molecular complexity index is 861. The van der Waals surface area contributed by atoms with E-state index < -0.39 is 0 Å². The second kappa shape index (κ2) is 6.93. The average molecular weight is 362 g/mol. The molecule has 8 nitrogen and oxygen atoms in total. The van der Waals surface area contributed by atoms with Gasteiger partial charge in [-0.25, -0.2) is 0 Å². The Morgan fingerprint density at radius 1 is 1.44 bits per heavy atom. The molecule has 0 radical (unpaired) electrons. The first-order valence-corrected chi connectivity index (χ1v) is 8.94. The van der Waals surface area contributed by atoms with Crippen molar-refractivity contribution in [2.75, 3.05) is 7.05 Å². The lowest BCUT2D eigenvalue weighted by Gasteiger charge is -2.08. The first kappa shape index (κ1) is 17.6. The largest absolute Gasteiger partial charge is 0.340 e. The highest BCUT2D eigenvalue weighted by Gasteiger charge is 2.20. The third-order valence-electron chi connectivity index (χ3n) is 4.10. The number of nitrogens with zero attached hydrogens (tertiary/aromatic N) is 4. The van der Waals surface area contributed by atoms with Crippen molar-refractivity contribution in [1.29, 1.82) is 0 Å². The van der Waals surface area contributed by atoms with Gasteiger partial charge in [0.1, 0.15) is 10.9 Å². The van der Waals surface area contributed by atoms with Gasteiger partial charge in [0.2, 0.25) is 5.89 Å². The molecule has 0 aliphatic rings. The van der Waals surface area contributed by atoms with Gasteiger partial charge >= 0.3 is 0 Å². The summed E-state index contributed by atoms with van der Waals surface area (Å²) in [6, 6.07) is 1.77. The van der Waals surface area contributed by atoms with Crippen LogP contribution in [0.25, 0.3) is 10.2 Å². The molecule has 0 aliphatic heterocycles. The van der Waals surface area contributed by atoms with E-state index in [2.05, 4.69) is 25.9 Å². The Kier molecular flexibility index (Phi) is 4.87. The highest BCUT2D eigenvalue weighted by molar-refractivity contribution is 7.20. The van der Waals surface area contributed by atoms with Crippen LogP contribution in [0.4, 0.5) is 0 Å². The molecule has 2 atom stereocenters. The van der Waals surface area contributed by atoms with Crippen molar-refractivity contribution in [3.05, 3.63) is 28.4 Å². The molecule has 25 heavy (non-hydrogen) atoms. The molecule has 0 bridgehead atoms. The van der Waals surface area contributed by atoms with Crippen molar-refractivity contribution in [3.63, 3.8) is 0 Å². The van der Waals surface area contributed by atoms with Gasteiger partial charge in [-0.05, 0) is 33.9 Å². The van der Waals surface area contributed by atoms with Crippen molar-refractivity contribution in [3.8, 4) is 0 Å². The first-order chi connectivity index (χ1) is 11.9. The number of carbonyl (C=O) groups is 1. The van der Waals surface area contributed by atoms with Crippen LogP contribution in [0.15, 0.2) is 10.6 Å². The Hall–Kier alpha value is -2.26. The number of carbonyl (C=O) groups excluding carboxylic acids is 1. The highest BCUT2D eigenvalue weighted by atomic mass is 32.1. The van der Waals surface area contributed by atoms with E-state index in [4.69, 9.17) is 4.52 Å². The molecule has 0 saturated heterocycles. The maximum absolute atomic E-state index is 12.5. The van der Waals surface area contributed by atoms with Crippen LogP contribution < -0.4 is 10.6 Å². The van der Waals surface area contributed by atoms with Gasteiger partial charge in [-0.2, -0.15) is 10.1 Å². The van der Waals surface area contributed by atoms with E-state index >= 15 is 0 Å². The molecule has 2 N–H and O–H groups in total. The summed E-state index contributed by atoms with van der Waals surface area (Å²) in [6.45, 7) is 5.81. The van der Waals surface area contributed by atoms with Gasteiger partial charge in [-0.15, -0.1) is 11.3 Å². The Morgan fingerprint density at radius 3 is 2.88 bits per heavy atom. The zero-order valence-corrected chi connectivity index (χ0v) is 15.8. The first-order valence-electron chi connectivity index (χ1n) is 8.12. The maximum atomic E-state index is 12.5. The standard InChI is InChI=1S/C16H22N6O2S/c1-8(17-4)6-13-19-15(24-21-13)10(3)18-14(23)12-7-11-9(2)20-22(5)16(11)25-12/h7-8,10,17H,6H2,1-5H3,(H,18,23). The normalized spacial score (nSPS) is 14.0. The van der Waals surface area contributed by atoms with E-state index in [1.165, 1.54) is 11.3 Å². The van der Waals surface area contributed by atoms with Crippen LogP contribution in [0.3, 0.4) is 0 Å². The molecule has 0 fully saturated rings. The molecule has 0 aliphatic carbocycles. The number of likely N-dealkylation sites (N-methyl/N-ethyl adjacent to an activating group) is 1. The SMILES string of the molecule is CNC(C)Cc1noc(C(C)NC(=O)c2cc3c(C)nn(C)c3s2)n1. The molecule has 1 amide bonds. The van der Waals surface area contributed by atoms with Crippen LogP contribution in [0.1, 0.15) is 47.0 Å². The van der Waals surface area contributed by atoms with Gasteiger partial charge in [0.25, 0.3) is 5.91 Å². The summed E-state index contributed by atoms with van der Waals surface area (Å²) in [5, 5.41) is 15.4. The average Bonchev–Trinajstić information content (AvgIpc) is 3.26. The molecule has 3 rings (SSSR count). The van der Waals surface area contributed by atoms with Crippen LogP contribution in [0.5, 0.6) is 0 Å². The van der Waals surface area contributed by atoms with Gasteiger partial charge in [0, 0.05) is 24.9 Å². The second-order valence-corrected chi connectivity index (χ2v) is 7.21. The van der Waals surface area contributed by atoms with Crippen molar-refractivity contribution >= 4 is 27.5 Å². The number of thiophene rings is 1. The van der Waals surface area contributed by atoms with Gasteiger partial charge in [0.05, 0.1) is 10.6 Å². The summed E-state index contributed by atoms with van der Waals surface area (Å²) >= 11 is 1.42. The van der Waals surface area contributed by atoms with E-state index in [-0.39, 0.29) is 18.0 Å². The fourth-order valence-electron chi connectivity index (χ4n) is 2.55. The molecule has 0 aromatic carbocycles. The Morgan fingerprint density at radius 2 is 2.20 bits per heavy atom. The van der Waals surface area contributed by atoms with E-state index in [0.29, 0.717) is 23.0 Å². The van der Waals surface area contributed by atoms with Gasteiger partial charge in [0.15, 0.2) is 5.82 Å². The van der Waals surface area contributed by atoms with Crippen molar-refractivity contribution in [1.82, 2.24) is 30.6 Å². The van der Waals surface area contributed by atoms with E-state index in [1.807, 2.05) is 40.9 Å². The van der Waals surface area contributed by atoms with Crippen LogP contribution in [0.2, 0.25) is 0 Å². The smallest absolute Gasteiger partial charge is 0.262 e. The topological polar surface area (TPSA) is 97.9 Å². The molecule has 3 heterocycles. The van der Waals surface area contributed by atoms with Crippen LogP contribution in [0, 0.1) is 6.92 Å². The van der Waals surface area contributed by atoms with Crippen LogP contribution in [-0.2, 0) is 13.5 Å². The lowest BCUT2D eigenvalue weighted by atomic mass is 10.2. The molecule has 3 aromatic rings. The van der Waals surface area contributed by atoms with Gasteiger partial charge < -0.3 is 15.2 Å². The molecular formula is C16H22N6O2S.